The lowest BCUT2D eigenvalue weighted by Gasteiger charge is -1.92. The van der Waals surface area contributed by atoms with Gasteiger partial charge in [-0.15, -0.1) is 0 Å². The molecule has 0 aliphatic carbocycles. The van der Waals surface area contributed by atoms with Gasteiger partial charge >= 0.3 is 5.97 Å². The minimum Gasteiger partial charge on any atom is -0.463 e. The quantitative estimate of drug-likeness (QED) is 0.700. The molecule has 0 radical (unpaired) electrons. The van der Waals surface area contributed by atoms with Crippen molar-refractivity contribution in [2.45, 2.75) is 0 Å². The Morgan fingerprint density at radius 3 is 3.00 bits per heavy atom. The number of aromatic amines is 2. The summed E-state index contributed by atoms with van der Waals surface area (Å²) < 4.78 is 4.52. The second-order valence-electron chi connectivity index (χ2n) is 2.72. The van der Waals surface area contributed by atoms with Crippen molar-refractivity contribution in [3.63, 3.8) is 0 Å². The number of esters is 1. The molecular formula is C9H9N3O2. The first-order valence-electron chi connectivity index (χ1n) is 4.08. The number of nitrogens with zero attached hydrogens (tertiary/aromatic N) is 1. The van der Waals surface area contributed by atoms with Gasteiger partial charge in [-0.25, -0.2) is 9.78 Å². The van der Waals surface area contributed by atoms with Crippen LogP contribution in [0.3, 0.4) is 0 Å². The van der Waals surface area contributed by atoms with E-state index in [0.29, 0.717) is 0 Å². The van der Waals surface area contributed by atoms with E-state index in [4.69, 9.17) is 0 Å². The van der Waals surface area contributed by atoms with Crippen molar-refractivity contribution in [2.75, 3.05) is 7.11 Å². The summed E-state index contributed by atoms with van der Waals surface area (Å²) in [5.41, 5.74) is 1.64. The highest BCUT2D eigenvalue weighted by Crippen LogP contribution is 2.13. The van der Waals surface area contributed by atoms with E-state index in [-0.39, 0.29) is 5.82 Å². The number of hydrogen-bond acceptors (Lipinski definition) is 3. The standard InChI is InChI=1S/C9H9N3O2/c1-14-9(13)8-11-5-7(12-8)6-3-2-4-10-6/h2-5,10H,1H3,(H,11,12). The van der Waals surface area contributed by atoms with Crippen LogP contribution in [0.5, 0.6) is 0 Å². The van der Waals surface area contributed by atoms with Crippen molar-refractivity contribution in [2.24, 2.45) is 0 Å². The number of aromatic nitrogens is 3. The molecule has 0 aromatic carbocycles. The fourth-order valence-electron chi connectivity index (χ4n) is 1.16. The molecular weight excluding hydrogens is 182 g/mol. The molecule has 14 heavy (non-hydrogen) atoms. The molecule has 0 saturated carbocycles. The Balaban J connectivity index is 2.31. The molecule has 0 bridgehead atoms. The maximum Gasteiger partial charge on any atom is 0.374 e. The summed E-state index contributed by atoms with van der Waals surface area (Å²) in [5, 5.41) is 0. The fraction of sp³-hybridized carbons (Fsp3) is 0.111. The Morgan fingerprint density at radius 2 is 2.36 bits per heavy atom. The molecule has 2 aromatic rings. The van der Waals surface area contributed by atoms with Crippen LogP contribution in [0.2, 0.25) is 0 Å². The van der Waals surface area contributed by atoms with Gasteiger partial charge in [-0.3, -0.25) is 0 Å². The number of nitrogens with one attached hydrogen (secondary N) is 2. The van der Waals surface area contributed by atoms with Crippen LogP contribution in [0.1, 0.15) is 10.6 Å². The molecule has 0 fully saturated rings. The maximum atomic E-state index is 11.1. The molecule has 0 spiro atoms. The summed E-state index contributed by atoms with van der Waals surface area (Å²) in [5.74, 6) is -0.264. The second-order valence-corrected chi connectivity index (χ2v) is 2.72. The number of imidazole rings is 1. The van der Waals surface area contributed by atoms with Crippen LogP contribution < -0.4 is 0 Å². The molecule has 2 heterocycles. The summed E-state index contributed by atoms with van der Waals surface area (Å²) in [4.78, 5) is 20.8. The number of H-pyrrole nitrogens is 2. The molecule has 2 rings (SSSR count). The van der Waals surface area contributed by atoms with Gasteiger partial charge in [0.05, 0.1) is 24.7 Å². The van der Waals surface area contributed by atoms with Crippen molar-refractivity contribution >= 4 is 5.97 Å². The monoisotopic (exact) mass is 191 g/mol. The summed E-state index contributed by atoms with van der Waals surface area (Å²) in [6, 6.07) is 3.75. The molecule has 2 aromatic heterocycles. The van der Waals surface area contributed by atoms with Gasteiger partial charge in [0.15, 0.2) is 0 Å². The highest BCUT2D eigenvalue weighted by atomic mass is 16.5. The molecule has 0 saturated heterocycles. The molecule has 0 aliphatic rings. The SMILES string of the molecule is COC(=O)c1ncc(-c2ccc[nH]2)[nH]1. The molecule has 0 unspecified atom stereocenters. The Kier molecular flexibility index (Phi) is 2.06. The molecule has 5 nitrogen and oxygen atoms in total. The second kappa shape index (κ2) is 3.37. The highest BCUT2D eigenvalue weighted by molar-refractivity contribution is 5.85. The molecule has 0 aliphatic heterocycles. The van der Waals surface area contributed by atoms with Crippen molar-refractivity contribution in [3.05, 3.63) is 30.4 Å². The summed E-state index contributed by atoms with van der Waals surface area (Å²) in [6.45, 7) is 0. The zero-order chi connectivity index (χ0) is 9.97. The first-order chi connectivity index (χ1) is 6.81. The molecule has 2 N–H and O–H groups in total. The zero-order valence-electron chi connectivity index (χ0n) is 7.57. The zero-order valence-corrected chi connectivity index (χ0v) is 7.57. The number of methoxy groups -OCH3 is 1. The van der Waals surface area contributed by atoms with Crippen molar-refractivity contribution < 1.29 is 9.53 Å². The van der Waals surface area contributed by atoms with E-state index in [9.17, 15) is 4.79 Å². The average molecular weight is 191 g/mol. The van der Waals surface area contributed by atoms with Crippen LogP contribution in [0, 0.1) is 0 Å². The lowest BCUT2D eigenvalue weighted by atomic mass is 10.3. The normalized spacial score (nSPS) is 10.1. The van der Waals surface area contributed by atoms with Crippen molar-refractivity contribution in [1.29, 1.82) is 0 Å². The van der Waals surface area contributed by atoms with Crippen LogP contribution in [0.25, 0.3) is 11.4 Å². The third kappa shape index (κ3) is 1.39. The minimum absolute atomic E-state index is 0.206. The number of carbonyl (C=O) groups excluding carboxylic acids is 1. The van der Waals surface area contributed by atoms with Gasteiger partial charge in [-0.2, -0.15) is 0 Å². The first kappa shape index (κ1) is 8.55. The van der Waals surface area contributed by atoms with Crippen LogP contribution in [-0.2, 0) is 4.74 Å². The Labute approximate surface area is 80.1 Å². The van der Waals surface area contributed by atoms with E-state index < -0.39 is 5.97 Å². The van der Waals surface area contributed by atoms with Crippen molar-refractivity contribution in [1.82, 2.24) is 15.0 Å². The van der Waals surface area contributed by atoms with E-state index in [0.717, 1.165) is 11.4 Å². The Hall–Kier alpha value is -2.04. The third-order valence-electron chi connectivity index (χ3n) is 1.84. The first-order valence-corrected chi connectivity index (χ1v) is 4.08. The topological polar surface area (TPSA) is 70.8 Å². The van der Waals surface area contributed by atoms with Gasteiger partial charge in [-0.05, 0) is 12.1 Å². The number of carbonyl (C=O) groups is 1. The number of rotatable bonds is 2. The largest absolute Gasteiger partial charge is 0.463 e. The van der Waals surface area contributed by atoms with Gasteiger partial charge in [-0.1, -0.05) is 0 Å². The van der Waals surface area contributed by atoms with Crippen molar-refractivity contribution in [3.8, 4) is 11.4 Å². The van der Waals surface area contributed by atoms with Crippen LogP contribution >= 0.6 is 0 Å². The van der Waals surface area contributed by atoms with Gasteiger partial charge in [0.25, 0.3) is 0 Å². The van der Waals surface area contributed by atoms with Crippen LogP contribution in [0.15, 0.2) is 24.5 Å². The lowest BCUT2D eigenvalue weighted by molar-refractivity contribution is 0.0588. The fourth-order valence-corrected chi connectivity index (χ4v) is 1.16. The van der Waals surface area contributed by atoms with Crippen LogP contribution in [0.4, 0.5) is 0 Å². The van der Waals surface area contributed by atoms with E-state index >= 15 is 0 Å². The summed E-state index contributed by atoms with van der Waals surface area (Å²) in [7, 11) is 1.32. The van der Waals surface area contributed by atoms with E-state index in [1.54, 1.807) is 12.4 Å². The van der Waals surface area contributed by atoms with Gasteiger partial charge in [0, 0.05) is 6.20 Å². The molecule has 72 valence electrons. The van der Waals surface area contributed by atoms with Gasteiger partial charge < -0.3 is 14.7 Å². The Morgan fingerprint density at radius 1 is 1.50 bits per heavy atom. The van der Waals surface area contributed by atoms with Gasteiger partial charge in [0.1, 0.15) is 0 Å². The average Bonchev–Trinajstić information content (AvgIpc) is 2.86. The molecule has 5 heteroatoms. The highest BCUT2D eigenvalue weighted by Gasteiger charge is 2.10. The number of hydrogen-bond donors (Lipinski definition) is 2. The molecule has 0 atom stereocenters. The van der Waals surface area contributed by atoms with Crippen LogP contribution in [-0.4, -0.2) is 28.0 Å². The number of ether oxygens (including phenoxy) is 1. The summed E-state index contributed by atoms with van der Waals surface area (Å²) >= 11 is 0. The smallest absolute Gasteiger partial charge is 0.374 e. The lowest BCUT2D eigenvalue weighted by Crippen LogP contribution is -2.03. The van der Waals surface area contributed by atoms with E-state index in [2.05, 4.69) is 19.7 Å². The predicted molar refractivity (Wildman–Crippen MR) is 49.7 cm³/mol. The Bertz CT molecular complexity index is 431. The summed E-state index contributed by atoms with van der Waals surface area (Å²) in [6.07, 6.45) is 3.38. The van der Waals surface area contributed by atoms with E-state index in [1.807, 2.05) is 12.1 Å². The third-order valence-corrected chi connectivity index (χ3v) is 1.84. The maximum absolute atomic E-state index is 11.1. The minimum atomic E-state index is -0.470. The molecule has 0 amide bonds. The predicted octanol–water partition coefficient (Wildman–Crippen LogP) is 1.19. The van der Waals surface area contributed by atoms with E-state index in [1.165, 1.54) is 7.11 Å². The van der Waals surface area contributed by atoms with Gasteiger partial charge in [0.2, 0.25) is 5.82 Å².